The molecular weight excluding hydrogens is 646 g/mol. The molecule has 0 saturated carbocycles. The van der Waals surface area contributed by atoms with Crippen LogP contribution in [0.5, 0.6) is 0 Å². The summed E-state index contributed by atoms with van der Waals surface area (Å²) in [6.45, 7) is 5.35. The van der Waals surface area contributed by atoms with Gasteiger partial charge in [0.15, 0.2) is 9.84 Å². The third kappa shape index (κ3) is 13.6. The molecule has 266 valence electrons. The second-order valence-electron chi connectivity index (χ2n) is 11.7. The number of fused-ring (bicyclic) bond motifs is 1. The van der Waals surface area contributed by atoms with Gasteiger partial charge in [0.05, 0.1) is 36.9 Å². The van der Waals surface area contributed by atoms with Gasteiger partial charge in [-0.15, -0.1) is 0 Å². The highest BCUT2D eigenvalue weighted by Crippen LogP contribution is 2.30. The number of ether oxygens (including phenoxy) is 3. The minimum Gasteiger partial charge on any atom is -0.461 e. The Hall–Kier alpha value is -4.26. The van der Waals surface area contributed by atoms with Crippen molar-refractivity contribution in [3.63, 3.8) is 0 Å². The average Bonchev–Trinajstić information content (AvgIpc) is 3.10. The number of carbonyl (C=O) groups excluding carboxylic acids is 3. The Kier molecular flexibility index (Phi) is 16.8. The van der Waals surface area contributed by atoms with Crippen molar-refractivity contribution in [3.05, 3.63) is 84.9 Å². The Labute approximate surface area is 289 Å². The zero-order chi connectivity index (χ0) is 35.5. The summed E-state index contributed by atoms with van der Waals surface area (Å²) >= 11 is 0. The lowest BCUT2D eigenvalue weighted by atomic mass is 9.97. The molecule has 0 spiro atoms. The van der Waals surface area contributed by atoms with Gasteiger partial charge in [0.25, 0.3) is 0 Å². The molecule has 2 N–H and O–H groups in total. The number of esters is 1. The van der Waals surface area contributed by atoms with E-state index in [0.29, 0.717) is 42.5 Å². The summed E-state index contributed by atoms with van der Waals surface area (Å²) in [6, 6.07) is 20.3. The SMILES string of the molecule is C=CC(=O)NCCCC[C@H](CC(=O)OCc1ccccc1)C(=O)NCCOCCOCCCS(=O)(=O)c1cccc2c(N(C)C)cccc12. The van der Waals surface area contributed by atoms with Crippen molar-refractivity contribution in [1.82, 2.24) is 10.6 Å². The van der Waals surface area contributed by atoms with Gasteiger partial charge in [-0.05, 0) is 43.0 Å². The van der Waals surface area contributed by atoms with E-state index < -0.39 is 21.7 Å². The molecule has 0 aliphatic rings. The Morgan fingerprint density at radius 1 is 0.816 bits per heavy atom. The predicted molar refractivity (Wildman–Crippen MR) is 191 cm³/mol. The van der Waals surface area contributed by atoms with Gasteiger partial charge in [-0.25, -0.2) is 8.42 Å². The topological polar surface area (TPSA) is 140 Å². The molecule has 11 nitrogen and oxygen atoms in total. The molecule has 0 aromatic heterocycles. The van der Waals surface area contributed by atoms with Crippen molar-refractivity contribution >= 4 is 44.1 Å². The van der Waals surface area contributed by atoms with Crippen LogP contribution in [0.1, 0.15) is 37.7 Å². The Morgan fingerprint density at radius 3 is 2.27 bits per heavy atom. The van der Waals surface area contributed by atoms with E-state index in [2.05, 4.69) is 17.2 Å². The third-order valence-electron chi connectivity index (χ3n) is 7.79. The lowest BCUT2D eigenvalue weighted by Crippen LogP contribution is -2.35. The monoisotopic (exact) mass is 695 g/mol. The normalized spacial score (nSPS) is 11.9. The van der Waals surface area contributed by atoms with E-state index in [4.69, 9.17) is 14.2 Å². The lowest BCUT2D eigenvalue weighted by molar-refractivity contribution is -0.148. The smallest absolute Gasteiger partial charge is 0.306 e. The minimum absolute atomic E-state index is 0.0321. The lowest BCUT2D eigenvalue weighted by Gasteiger charge is -2.17. The standard InChI is InChI=1S/C37H49N3O8S/c1-4-35(41)38-20-9-8-15-30(27-36(42)48-28-29-13-6-5-7-14-29)37(43)39-21-23-47-25-24-46-22-12-26-49(44,45)34-19-11-16-31-32(34)17-10-18-33(31)40(2)3/h4-7,10-11,13-14,16-19,30H,1,8-9,12,15,20-28H2,2-3H3,(H,38,41)(H,39,43)/t30-/m1/s1. The van der Waals surface area contributed by atoms with Crippen molar-refractivity contribution in [2.24, 2.45) is 5.92 Å². The van der Waals surface area contributed by atoms with Gasteiger partial charge >= 0.3 is 5.97 Å². The molecule has 0 bridgehead atoms. The molecule has 0 heterocycles. The summed E-state index contributed by atoms with van der Waals surface area (Å²) in [5, 5.41) is 7.13. The van der Waals surface area contributed by atoms with Gasteiger partial charge in [0.2, 0.25) is 11.8 Å². The number of nitrogens with one attached hydrogen (secondary N) is 2. The van der Waals surface area contributed by atoms with Crippen LogP contribution in [0.2, 0.25) is 0 Å². The second kappa shape index (κ2) is 21.0. The van der Waals surface area contributed by atoms with E-state index in [1.54, 1.807) is 12.1 Å². The fourth-order valence-corrected chi connectivity index (χ4v) is 6.74. The summed E-state index contributed by atoms with van der Waals surface area (Å²) < 4.78 is 42.8. The first kappa shape index (κ1) is 39.2. The Bertz CT molecular complexity index is 1610. The number of benzene rings is 3. The van der Waals surface area contributed by atoms with Gasteiger partial charge < -0.3 is 29.7 Å². The van der Waals surface area contributed by atoms with Crippen molar-refractivity contribution in [1.29, 1.82) is 0 Å². The van der Waals surface area contributed by atoms with E-state index in [0.717, 1.165) is 16.6 Å². The first-order chi connectivity index (χ1) is 23.6. The number of hydrogen-bond donors (Lipinski definition) is 2. The summed E-state index contributed by atoms with van der Waals surface area (Å²) in [5.41, 5.74) is 1.82. The van der Waals surface area contributed by atoms with Crippen molar-refractivity contribution < 1.29 is 37.0 Å². The molecule has 2 amide bonds. The number of unbranched alkanes of at least 4 members (excludes halogenated alkanes) is 1. The second-order valence-corrected chi connectivity index (χ2v) is 13.8. The molecule has 0 aliphatic carbocycles. The fourth-order valence-electron chi connectivity index (χ4n) is 5.22. The predicted octanol–water partition coefficient (Wildman–Crippen LogP) is 4.44. The summed E-state index contributed by atoms with van der Waals surface area (Å²) in [6.07, 6.45) is 3.24. The van der Waals surface area contributed by atoms with E-state index in [9.17, 15) is 22.8 Å². The molecule has 12 heteroatoms. The Morgan fingerprint density at radius 2 is 1.53 bits per heavy atom. The van der Waals surface area contributed by atoms with Gasteiger partial charge in [-0.1, -0.05) is 67.6 Å². The van der Waals surface area contributed by atoms with Crippen LogP contribution >= 0.6 is 0 Å². The first-order valence-corrected chi connectivity index (χ1v) is 18.2. The molecule has 3 aromatic carbocycles. The molecule has 0 saturated heterocycles. The van der Waals surface area contributed by atoms with Crippen LogP contribution in [0.4, 0.5) is 5.69 Å². The number of hydrogen-bond acceptors (Lipinski definition) is 9. The van der Waals surface area contributed by atoms with Gasteiger partial charge in [-0.3, -0.25) is 14.4 Å². The average molecular weight is 696 g/mol. The van der Waals surface area contributed by atoms with Crippen LogP contribution in [0.15, 0.2) is 84.3 Å². The number of anilines is 1. The van der Waals surface area contributed by atoms with E-state index >= 15 is 0 Å². The van der Waals surface area contributed by atoms with Crippen LogP contribution in [0.3, 0.4) is 0 Å². The summed E-state index contributed by atoms with van der Waals surface area (Å²) in [7, 11) is 0.351. The molecule has 0 aliphatic heterocycles. The van der Waals surface area contributed by atoms with Crippen LogP contribution in [-0.4, -0.2) is 85.6 Å². The molecule has 3 aromatic rings. The van der Waals surface area contributed by atoms with Crippen LogP contribution in [-0.2, 0) is 45.0 Å². The van der Waals surface area contributed by atoms with E-state index in [1.807, 2.05) is 73.6 Å². The van der Waals surface area contributed by atoms with E-state index in [1.165, 1.54) is 6.08 Å². The Balaban J connectivity index is 1.34. The maximum atomic E-state index is 13.1. The maximum absolute atomic E-state index is 13.1. The zero-order valence-electron chi connectivity index (χ0n) is 28.5. The van der Waals surface area contributed by atoms with Crippen molar-refractivity contribution in [2.75, 3.05) is 64.3 Å². The maximum Gasteiger partial charge on any atom is 0.306 e. The van der Waals surface area contributed by atoms with Gasteiger partial charge in [0.1, 0.15) is 6.61 Å². The van der Waals surface area contributed by atoms with Crippen LogP contribution in [0.25, 0.3) is 10.8 Å². The number of amides is 2. The number of sulfone groups is 1. The summed E-state index contributed by atoms with van der Waals surface area (Å²) in [4.78, 5) is 39.1. The van der Waals surface area contributed by atoms with Gasteiger partial charge in [0, 0.05) is 56.2 Å². The molecule has 0 radical (unpaired) electrons. The molecule has 1 atom stereocenters. The van der Waals surface area contributed by atoms with Crippen molar-refractivity contribution in [2.45, 2.75) is 43.6 Å². The van der Waals surface area contributed by atoms with Crippen molar-refractivity contribution in [3.8, 4) is 0 Å². The molecule has 3 rings (SSSR count). The van der Waals surface area contributed by atoms with E-state index in [-0.39, 0.29) is 63.6 Å². The third-order valence-corrected chi connectivity index (χ3v) is 9.64. The number of nitrogens with zero attached hydrogens (tertiary/aromatic N) is 1. The van der Waals surface area contributed by atoms with Crippen LogP contribution in [0, 0.1) is 5.92 Å². The van der Waals surface area contributed by atoms with Gasteiger partial charge in [-0.2, -0.15) is 0 Å². The fraction of sp³-hybridized carbons (Fsp3) is 0.432. The molecule has 0 unspecified atom stereocenters. The minimum atomic E-state index is -3.51. The number of carbonyl (C=O) groups is 3. The molecule has 49 heavy (non-hydrogen) atoms. The highest BCUT2D eigenvalue weighted by Gasteiger charge is 2.23. The largest absolute Gasteiger partial charge is 0.461 e. The van der Waals surface area contributed by atoms with Crippen LogP contribution < -0.4 is 15.5 Å². The quantitative estimate of drug-likeness (QED) is 0.0837. The summed E-state index contributed by atoms with van der Waals surface area (Å²) in [5.74, 6) is -1.59. The zero-order valence-corrected chi connectivity index (χ0v) is 29.3. The number of rotatable bonds is 23. The highest BCUT2D eigenvalue weighted by atomic mass is 32.2. The first-order valence-electron chi connectivity index (χ1n) is 16.6. The molecule has 0 fully saturated rings. The molecular formula is C37H49N3O8S. The highest BCUT2D eigenvalue weighted by molar-refractivity contribution is 7.91.